The molecule has 0 bridgehead atoms. The number of benzene rings is 2. The fourth-order valence-electron chi connectivity index (χ4n) is 3.26. The summed E-state index contributed by atoms with van der Waals surface area (Å²) >= 11 is 9.88. The molecule has 0 fully saturated rings. The lowest BCUT2D eigenvalue weighted by Gasteiger charge is -2.08. The molecular formula is C21H13BrClN5O3. The highest BCUT2D eigenvalue weighted by Gasteiger charge is 2.17. The fraction of sp³-hybridized carbons (Fsp3) is 0.0476. The summed E-state index contributed by atoms with van der Waals surface area (Å²) in [6.45, 7) is 0. The summed E-state index contributed by atoms with van der Waals surface area (Å²) in [6.07, 6.45) is 3.16. The van der Waals surface area contributed by atoms with E-state index in [0.717, 1.165) is 4.47 Å². The molecule has 8 nitrogen and oxygen atoms in total. The average Bonchev–Trinajstić information content (AvgIpc) is 3.32. The number of carbonyl (C=O) groups is 1. The summed E-state index contributed by atoms with van der Waals surface area (Å²) in [5.41, 5.74) is 2.04. The second kappa shape index (κ2) is 7.36. The van der Waals surface area contributed by atoms with Crippen LogP contribution in [0.2, 0.25) is 5.02 Å². The molecule has 10 heteroatoms. The van der Waals surface area contributed by atoms with Gasteiger partial charge in [0.2, 0.25) is 5.58 Å². The number of hydrogen-bond donors (Lipinski definition) is 2. The van der Waals surface area contributed by atoms with E-state index in [4.69, 9.17) is 16.0 Å². The Bertz CT molecular complexity index is 1550. The maximum Gasteiger partial charge on any atom is 0.294 e. The standard InChI is InChI=1S/C21H13BrClN5O3/c1-28-8-15(24-9-28)20(29)25-11-3-4-12(14(23)7-11)19-26-17-13-6-10(22)2-5-16(13)31-18(17)21(30)27-19/h2-9H,1H3,(H,25,29)(H,26,27,30). The molecule has 31 heavy (non-hydrogen) atoms. The number of nitrogens with one attached hydrogen (secondary N) is 2. The number of H-pyrrole nitrogens is 1. The maximum atomic E-state index is 12.6. The van der Waals surface area contributed by atoms with Gasteiger partial charge in [-0.15, -0.1) is 0 Å². The van der Waals surface area contributed by atoms with Crippen molar-refractivity contribution in [2.75, 3.05) is 5.32 Å². The number of fused-ring (bicyclic) bond motifs is 3. The van der Waals surface area contributed by atoms with Gasteiger partial charge in [0.1, 0.15) is 22.6 Å². The van der Waals surface area contributed by atoms with Gasteiger partial charge in [0.05, 0.1) is 11.3 Å². The average molecular weight is 499 g/mol. The van der Waals surface area contributed by atoms with Crippen molar-refractivity contribution in [3.63, 3.8) is 0 Å². The summed E-state index contributed by atoms with van der Waals surface area (Å²) in [7, 11) is 1.78. The van der Waals surface area contributed by atoms with Crippen molar-refractivity contribution in [1.82, 2.24) is 19.5 Å². The quantitative estimate of drug-likeness (QED) is 0.374. The lowest BCUT2D eigenvalue weighted by molar-refractivity contribution is 0.102. The topological polar surface area (TPSA) is 106 Å². The van der Waals surface area contributed by atoms with Gasteiger partial charge in [0.15, 0.2) is 0 Å². The second-order valence-electron chi connectivity index (χ2n) is 6.91. The van der Waals surface area contributed by atoms with Crippen LogP contribution in [0.5, 0.6) is 0 Å². The van der Waals surface area contributed by atoms with Gasteiger partial charge < -0.3 is 19.3 Å². The molecule has 0 atom stereocenters. The number of furan rings is 1. The molecule has 0 aliphatic heterocycles. The molecule has 0 unspecified atom stereocenters. The summed E-state index contributed by atoms with van der Waals surface area (Å²) in [5.74, 6) is -0.0550. The summed E-state index contributed by atoms with van der Waals surface area (Å²) in [5, 5.41) is 3.78. The van der Waals surface area contributed by atoms with E-state index in [1.165, 1.54) is 0 Å². The molecular weight excluding hydrogens is 486 g/mol. The van der Waals surface area contributed by atoms with E-state index in [0.29, 0.717) is 38.6 Å². The summed E-state index contributed by atoms with van der Waals surface area (Å²) in [4.78, 5) is 36.2. The molecule has 0 radical (unpaired) electrons. The number of halogens is 2. The zero-order valence-corrected chi connectivity index (χ0v) is 18.3. The normalized spacial score (nSPS) is 11.3. The Morgan fingerprint density at radius 3 is 2.84 bits per heavy atom. The monoisotopic (exact) mass is 497 g/mol. The minimum atomic E-state index is -0.407. The number of amides is 1. The van der Waals surface area contributed by atoms with Gasteiger partial charge >= 0.3 is 0 Å². The third-order valence-corrected chi connectivity index (χ3v) is 5.51. The molecule has 0 saturated carbocycles. The minimum Gasteiger partial charge on any atom is -0.449 e. The molecule has 0 saturated heterocycles. The molecule has 0 aliphatic carbocycles. The number of nitrogens with zero attached hydrogens (tertiary/aromatic N) is 3. The molecule has 3 heterocycles. The molecule has 2 aromatic carbocycles. The predicted octanol–water partition coefficient (Wildman–Crippen LogP) is 4.74. The van der Waals surface area contributed by atoms with E-state index in [1.54, 1.807) is 48.4 Å². The van der Waals surface area contributed by atoms with Gasteiger partial charge in [-0.2, -0.15) is 0 Å². The SMILES string of the molecule is Cn1cnc(C(=O)Nc2ccc(-c3nc4c(oc5ccc(Br)cc54)c(=O)[nH]3)c(Cl)c2)c1. The highest BCUT2D eigenvalue weighted by atomic mass is 79.9. The van der Waals surface area contributed by atoms with Gasteiger partial charge in [-0.05, 0) is 36.4 Å². The summed E-state index contributed by atoms with van der Waals surface area (Å²) < 4.78 is 8.18. The number of carbonyl (C=O) groups excluding carboxylic acids is 1. The van der Waals surface area contributed by atoms with Crippen LogP contribution < -0.4 is 10.9 Å². The van der Waals surface area contributed by atoms with Gasteiger partial charge in [0, 0.05) is 34.4 Å². The number of aromatic amines is 1. The van der Waals surface area contributed by atoms with Crippen molar-refractivity contribution in [2.24, 2.45) is 7.05 Å². The molecule has 0 spiro atoms. The van der Waals surface area contributed by atoms with E-state index >= 15 is 0 Å². The molecule has 5 rings (SSSR count). The van der Waals surface area contributed by atoms with E-state index < -0.39 is 5.56 Å². The molecule has 3 aromatic heterocycles. The van der Waals surface area contributed by atoms with Crippen LogP contribution in [0.4, 0.5) is 5.69 Å². The first-order valence-electron chi connectivity index (χ1n) is 9.10. The van der Waals surface area contributed by atoms with Crippen LogP contribution >= 0.6 is 27.5 Å². The third-order valence-electron chi connectivity index (χ3n) is 4.71. The van der Waals surface area contributed by atoms with Crippen LogP contribution in [-0.4, -0.2) is 25.4 Å². The van der Waals surface area contributed by atoms with E-state index in [-0.39, 0.29) is 17.2 Å². The molecule has 2 N–H and O–H groups in total. The first-order chi connectivity index (χ1) is 14.9. The molecule has 5 aromatic rings. The molecule has 154 valence electrons. The zero-order chi connectivity index (χ0) is 21.7. The Morgan fingerprint density at radius 2 is 2.10 bits per heavy atom. The van der Waals surface area contributed by atoms with Gasteiger partial charge in [-0.3, -0.25) is 9.59 Å². The zero-order valence-electron chi connectivity index (χ0n) is 15.9. The Balaban J connectivity index is 1.54. The van der Waals surface area contributed by atoms with Crippen LogP contribution in [0.1, 0.15) is 10.5 Å². The Kier molecular flexibility index (Phi) is 4.64. The minimum absolute atomic E-state index is 0.146. The largest absolute Gasteiger partial charge is 0.449 e. The third kappa shape index (κ3) is 3.51. The Labute approximate surface area is 188 Å². The highest BCUT2D eigenvalue weighted by Crippen LogP contribution is 2.32. The number of imidazole rings is 1. The van der Waals surface area contributed by atoms with Crippen molar-refractivity contribution in [2.45, 2.75) is 0 Å². The Hall–Kier alpha value is -3.43. The van der Waals surface area contributed by atoms with Crippen molar-refractivity contribution >= 4 is 61.2 Å². The number of hydrogen-bond acceptors (Lipinski definition) is 5. The fourth-order valence-corrected chi connectivity index (χ4v) is 3.89. The number of rotatable bonds is 3. The first-order valence-corrected chi connectivity index (χ1v) is 10.3. The van der Waals surface area contributed by atoms with Gasteiger partial charge in [0.25, 0.3) is 11.5 Å². The van der Waals surface area contributed by atoms with E-state index in [9.17, 15) is 9.59 Å². The van der Waals surface area contributed by atoms with Gasteiger partial charge in [-0.25, -0.2) is 9.97 Å². The van der Waals surface area contributed by atoms with Crippen LogP contribution in [0.15, 0.2) is 62.6 Å². The smallest absolute Gasteiger partial charge is 0.294 e. The van der Waals surface area contributed by atoms with Crippen molar-refractivity contribution < 1.29 is 9.21 Å². The number of anilines is 1. The van der Waals surface area contributed by atoms with Crippen molar-refractivity contribution in [3.8, 4) is 11.4 Å². The lowest BCUT2D eigenvalue weighted by Crippen LogP contribution is -2.12. The van der Waals surface area contributed by atoms with E-state index in [1.807, 2.05) is 12.1 Å². The number of aromatic nitrogens is 4. The summed E-state index contributed by atoms with van der Waals surface area (Å²) in [6, 6.07) is 10.4. The highest BCUT2D eigenvalue weighted by molar-refractivity contribution is 9.10. The van der Waals surface area contributed by atoms with Crippen LogP contribution in [0, 0.1) is 0 Å². The van der Waals surface area contributed by atoms with Gasteiger partial charge in [-0.1, -0.05) is 27.5 Å². The van der Waals surface area contributed by atoms with Crippen molar-refractivity contribution in [3.05, 3.63) is 74.5 Å². The molecule has 0 aliphatic rings. The second-order valence-corrected chi connectivity index (χ2v) is 8.23. The number of aryl methyl sites for hydroxylation is 1. The predicted molar refractivity (Wildman–Crippen MR) is 121 cm³/mol. The van der Waals surface area contributed by atoms with Crippen LogP contribution in [0.3, 0.4) is 0 Å². The lowest BCUT2D eigenvalue weighted by atomic mass is 10.1. The first kappa shape index (κ1) is 19.5. The van der Waals surface area contributed by atoms with Crippen LogP contribution in [-0.2, 0) is 7.05 Å². The van der Waals surface area contributed by atoms with E-state index in [2.05, 4.69) is 36.2 Å². The van der Waals surface area contributed by atoms with Crippen molar-refractivity contribution in [1.29, 1.82) is 0 Å². The Morgan fingerprint density at radius 1 is 1.26 bits per heavy atom. The molecule has 1 amide bonds. The van der Waals surface area contributed by atoms with Crippen LogP contribution in [0.25, 0.3) is 33.5 Å². The maximum absolute atomic E-state index is 12.6.